The second-order valence-corrected chi connectivity index (χ2v) is 20.9. The monoisotopic (exact) mass is 1210 g/mol. The van der Waals surface area contributed by atoms with Crippen molar-refractivity contribution >= 4 is 29.6 Å². The van der Waals surface area contributed by atoms with Gasteiger partial charge in [0.2, 0.25) is 23.6 Å². The first-order valence-corrected chi connectivity index (χ1v) is 26.5. The summed E-state index contributed by atoms with van der Waals surface area (Å²) >= 11 is 0. The summed E-state index contributed by atoms with van der Waals surface area (Å²) < 4.78 is 69.5. The van der Waals surface area contributed by atoms with Crippen molar-refractivity contribution in [2.75, 3.05) is 33.0 Å². The largest absolute Gasteiger partial charge is 0.463 e. The lowest BCUT2D eigenvalue weighted by Crippen LogP contribution is -2.72. The van der Waals surface area contributed by atoms with Crippen LogP contribution in [0, 0.1) is 0 Å². The summed E-state index contributed by atoms with van der Waals surface area (Å²) in [5.74, 6) is -4.05. The van der Waals surface area contributed by atoms with Crippen LogP contribution in [0.25, 0.3) is 0 Å². The molecule has 478 valence electrons. The van der Waals surface area contributed by atoms with Crippen LogP contribution in [0.1, 0.15) is 41.5 Å². The Bertz CT molecular complexity index is 2150. The summed E-state index contributed by atoms with van der Waals surface area (Å²) in [5, 5.41) is 164. The number of nitrogens with two attached hydrogens (primary N) is 1. The fraction of sp³-hybridized carbons (Fsp3) is 0.894. The van der Waals surface area contributed by atoms with Gasteiger partial charge in [-0.15, -0.1) is 0 Å². The van der Waals surface area contributed by atoms with E-state index in [1.807, 2.05) is 0 Å². The zero-order chi connectivity index (χ0) is 61.6. The maximum Gasteiger partial charge on any atom is 0.302 e. The Morgan fingerprint density at radius 1 is 0.458 bits per heavy atom. The molecule has 6 rings (SSSR count). The van der Waals surface area contributed by atoms with Crippen LogP contribution < -0.4 is 27.0 Å². The van der Waals surface area contributed by atoms with Gasteiger partial charge in [0.05, 0.1) is 38.6 Å². The molecule has 6 aliphatic heterocycles. The quantitative estimate of drug-likeness (QED) is 0.0475. The van der Waals surface area contributed by atoms with Gasteiger partial charge < -0.3 is 155 Å². The number of carbonyl (C=O) groups excluding carboxylic acids is 5. The number of hydrogen-bond donors (Lipinski definition) is 19. The van der Waals surface area contributed by atoms with E-state index in [4.69, 9.17) is 62.6 Å². The van der Waals surface area contributed by atoms with Crippen molar-refractivity contribution in [2.45, 2.75) is 232 Å². The Hall–Kier alpha value is -3.69. The molecular formula is C47H79N5O31. The molecule has 0 spiro atoms. The molecule has 6 heterocycles. The molecule has 4 amide bonds. The molecule has 31 atom stereocenters. The summed E-state index contributed by atoms with van der Waals surface area (Å²) in [6, 6.07) is -8.49. The van der Waals surface area contributed by atoms with Gasteiger partial charge in [-0.05, 0) is 6.92 Å². The molecule has 6 aliphatic rings. The summed E-state index contributed by atoms with van der Waals surface area (Å²) in [7, 11) is 0. The molecule has 31 unspecified atom stereocenters. The van der Waals surface area contributed by atoms with Crippen LogP contribution in [0.5, 0.6) is 0 Å². The standard InChI is InChI=1S/C47H79N5O31/c1-12-28(62)35(69)36(70)47(74-12)73-10-18(61)37-41(31(65)24(42(71)79-37)49-13(2)56)83-46-27(52-16(5)59)34(68)40(21(9-55)77-46)82-45-26(51-15(4)58)33(67)39(20(8-54)76-45)81-44-25(50-14(3)57)32(66)38(19(7-53)75-44)80-43-23(48)30(64)29(63)22(78-43)11-72-17(6)60/h12,18-47,53-55,61-71H,7-11,48H2,1-6H3,(H,49,56)(H,50,57)(H,51,58)(H,52,59). The van der Waals surface area contributed by atoms with E-state index in [-0.39, 0.29) is 0 Å². The van der Waals surface area contributed by atoms with Gasteiger partial charge in [-0.25, -0.2) is 0 Å². The van der Waals surface area contributed by atoms with E-state index in [2.05, 4.69) is 21.3 Å². The first-order valence-electron chi connectivity index (χ1n) is 26.5. The molecule has 6 fully saturated rings. The highest BCUT2D eigenvalue weighted by atomic mass is 16.8. The third-order valence-corrected chi connectivity index (χ3v) is 14.7. The molecule has 0 aromatic heterocycles. The number of aliphatic hydroxyl groups is 14. The second kappa shape index (κ2) is 29.8. The Morgan fingerprint density at radius 2 is 0.843 bits per heavy atom. The van der Waals surface area contributed by atoms with Gasteiger partial charge in [0, 0.05) is 34.6 Å². The van der Waals surface area contributed by atoms with Crippen LogP contribution in [0.2, 0.25) is 0 Å². The molecule has 6 saturated heterocycles. The number of hydrogen-bond acceptors (Lipinski definition) is 32. The molecule has 36 heteroatoms. The highest BCUT2D eigenvalue weighted by Gasteiger charge is 2.58. The van der Waals surface area contributed by atoms with Gasteiger partial charge in [-0.2, -0.15) is 0 Å². The lowest BCUT2D eigenvalue weighted by Gasteiger charge is -2.51. The van der Waals surface area contributed by atoms with E-state index in [0.29, 0.717) is 0 Å². The predicted octanol–water partition coefficient (Wildman–Crippen LogP) is -12.6. The van der Waals surface area contributed by atoms with Crippen LogP contribution in [0.3, 0.4) is 0 Å². The number of esters is 1. The molecule has 0 radical (unpaired) electrons. The molecule has 0 bridgehead atoms. The average molecular weight is 1210 g/mol. The normalized spacial score (nSPS) is 45.3. The van der Waals surface area contributed by atoms with Crippen molar-refractivity contribution in [3.8, 4) is 0 Å². The summed E-state index contributed by atoms with van der Waals surface area (Å²) in [4.78, 5) is 61.9. The predicted molar refractivity (Wildman–Crippen MR) is 262 cm³/mol. The minimum Gasteiger partial charge on any atom is -0.463 e. The van der Waals surface area contributed by atoms with E-state index >= 15 is 0 Å². The SMILES string of the molecule is CC(=O)NC1C(O)OC(C(O)COC2OC(C)C(O)C(O)C2O)C(OC2OC(CO)C(OC3OC(CO)C(OC4OC(CO)C(OC5OC(COC(C)=O)C(O)C(O)C5N)C(O)C4NC(C)=O)C(O)C3NC(C)=O)C(O)C2NC(C)=O)C1O. The van der Waals surface area contributed by atoms with E-state index in [1.54, 1.807) is 0 Å². The van der Waals surface area contributed by atoms with E-state index in [9.17, 15) is 95.5 Å². The first kappa shape index (κ1) is 68.4. The van der Waals surface area contributed by atoms with Crippen molar-refractivity contribution < 1.29 is 152 Å². The van der Waals surface area contributed by atoms with Gasteiger partial charge >= 0.3 is 5.97 Å². The Labute approximate surface area is 472 Å². The zero-order valence-electron chi connectivity index (χ0n) is 45.7. The maximum absolute atomic E-state index is 12.8. The minimum atomic E-state index is -2.09. The van der Waals surface area contributed by atoms with Crippen LogP contribution in [0.4, 0.5) is 0 Å². The number of amides is 4. The zero-order valence-corrected chi connectivity index (χ0v) is 45.7. The fourth-order valence-corrected chi connectivity index (χ4v) is 10.4. The highest BCUT2D eigenvalue weighted by Crippen LogP contribution is 2.37. The second-order valence-electron chi connectivity index (χ2n) is 20.9. The molecule has 83 heavy (non-hydrogen) atoms. The lowest BCUT2D eigenvalue weighted by molar-refractivity contribution is -0.368. The number of nitrogens with one attached hydrogen (secondary N) is 4. The maximum atomic E-state index is 12.8. The highest BCUT2D eigenvalue weighted by molar-refractivity contribution is 5.74. The minimum absolute atomic E-state index is 0.567. The Morgan fingerprint density at radius 3 is 1.25 bits per heavy atom. The van der Waals surface area contributed by atoms with Crippen molar-refractivity contribution in [1.82, 2.24) is 21.3 Å². The van der Waals surface area contributed by atoms with Crippen molar-refractivity contribution in [2.24, 2.45) is 5.73 Å². The number of aliphatic hydroxyl groups excluding tert-OH is 14. The van der Waals surface area contributed by atoms with Crippen LogP contribution in [-0.2, 0) is 80.8 Å². The smallest absolute Gasteiger partial charge is 0.302 e. The molecule has 0 aliphatic carbocycles. The summed E-state index contributed by atoms with van der Waals surface area (Å²) in [5.41, 5.74) is 6.11. The van der Waals surface area contributed by atoms with Gasteiger partial charge in [0.15, 0.2) is 37.7 Å². The molecular weight excluding hydrogens is 1130 g/mol. The van der Waals surface area contributed by atoms with Gasteiger partial charge in [-0.3, -0.25) is 24.0 Å². The van der Waals surface area contributed by atoms with E-state index < -0.39 is 253 Å². The van der Waals surface area contributed by atoms with E-state index in [0.717, 1.165) is 34.6 Å². The molecule has 0 saturated carbocycles. The third-order valence-electron chi connectivity index (χ3n) is 14.7. The topological polar surface area (TPSA) is 553 Å². The van der Waals surface area contributed by atoms with Crippen LogP contribution in [0.15, 0.2) is 0 Å². The molecule has 0 aromatic carbocycles. The molecule has 0 aromatic rings. The summed E-state index contributed by atoms with van der Waals surface area (Å²) in [6.45, 7) is 2.03. The fourth-order valence-electron chi connectivity index (χ4n) is 10.4. The van der Waals surface area contributed by atoms with Gasteiger partial charge in [0.1, 0.15) is 147 Å². The van der Waals surface area contributed by atoms with Crippen molar-refractivity contribution in [3.63, 3.8) is 0 Å². The summed E-state index contributed by atoms with van der Waals surface area (Å²) in [6.07, 6.45) is -46.6. The third kappa shape index (κ3) is 16.1. The van der Waals surface area contributed by atoms with Crippen LogP contribution in [-0.4, -0.2) is 324 Å². The first-order chi connectivity index (χ1) is 39.0. The van der Waals surface area contributed by atoms with Crippen molar-refractivity contribution in [3.05, 3.63) is 0 Å². The Balaban J connectivity index is 1.23. The molecule has 36 nitrogen and oxygen atoms in total. The average Bonchev–Trinajstić information content (AvgIpc) is 2.64. The van der Waals surface area contributed by atoms with Gasteiger partial charge in [-0.1, -0.05) is 0 Å². The van der Waals surface area contributed by atoms with Gasteiger partial charge in [0.25, 0.3) is 0 Å². The molecule has 20 N–H and O–H groups in total. The van der Waals surface area contributed by atoms with Crippen molar-refractivity contribution in [1.29, 1.82) is 0 Å². The van der Waals surface area contributed by atoms with Crippen LogP contribution >= 0.6 is 0 Å². The Kier molecular flexibility index (Phi) is 24.6. The number of ether oxygens (including phenoxy) is 12. The number of carbonyl (C=O) groups is 5. The number of rotatable bonds is 21. The lowest BCUT2D eigenvalue weighted by atomic mass is 9.92. The van der Waals surface area contributed by atoms with E-state index in [1.165, 1.54) is 6.92 Å².